The summed E-state index contributed by atoms with van der Waals surface area (Å²) >= 11 is 1.52. The summed E-state index contributed by atoms with van der Waals surface area (Å²) < 4.78 is 18.1. The molecule has 6 nitrogen and oxygen atoms in total. The highest BCUT2D eigenvalue weighted by molar-refractivity contribution is 7.17. The summed E-state index contributed by atoms with van der Waals surface area (Å²) in [6.45, 7) is 3.98. The number of methoxy groups -OCH3 is 1. The Bertz CT molecular complexity index is 1450. The zero-order chi connectivity index (χ0) is 26.3. The topological polar surface area (TPSA) is 71.8 Å². The van der Waals surface area contributed by atoms with Crippen LogP contribution in [-0.2, 0) is 6.61 Å². The SMILES string of the molecule is COc1ccc(COc2ccc3scc(C(=O)c4ccc(OCCN5CCCCC5)c(C#N)c4)c3c2)cc1. The zero-order valence-electron chi connectivity index (χ0n) is 21.4. The number of nitriles is 1. The Morgan fingerprint density at radius 3 is 2.53 bits per heavy atom. The molecule has 0 unspecified atom stereocenters. The van der Waals surface area contributed by atoms with E-state index in [0.717, 1.165) is 41.0 Å². The third-order valence-corrected chi connectivity index (χ3v) is 7.79. The predicted octanol–water partition coefficient (Wildman–Crippen LogP) is 6.46. The van der Waals surface area contributed by atoms with E-state index in [9.17, 15) is 10.1 Å². The molecule has 0 amide bonds. The number of carbonyl (C=O) groups excluding carboxylic acids is 1. The largest absolute Gasteiger partial charge is 0.497 e. The minimum Gasteiger partial charge on any atom is -0.497 e. The highest BCUT2D eigenvalue weighted by Crippen LogP contribution is 2.32. The standard InChI is InChI=1S/C31H30N2O4S/c1-35-25-8-5-22(6-9-25)20-37-26-10-12-30-27(18-26)28(21-38-30)31(34)23-7-11-29(24(17-23)19-32)36-16-15-33-13-3-2-4-14-33/h5-12,17-18,21H,2-4,13-16,20H2,1H3. The second-order valence-electron chi connectivity index (χ2n) is 9.35. The van der Waals surface area contributed by atoms with Crippen molar-refractivity contribution >= 4 is 27.2 Å². The van der Waals surface area contributed by atoms with E-state index < -0.39 is 0 Å². The first-order valence-corrected chi connectivity index (χ1v) is 13.7. The summed E-state index contributed by atoms with van der Waals surface area (Å²) in [6, 6.07) is 20.8. The van der Waals surface area contributed by atoms with Gasteiger partial charge in [0.1, 0.15) is 36.5 Å². The van der Waals surface area contributed by atoms with Crippen LogP contribution < -0.4 is 14.2 Å². The predicted molar refractivity (Wildman–Crippen MR) is 150 cm³/mol. The van der Waals surface area contributed by atoms with Crippen molar-refractivity contribution in [3.63, 3.8) is 0 Å². The van der Waals surface area contributed by atoms with Gasteiger partial charge < -0.3 is 14.2 Å². The first-order valence-electron chi connectivity index (χ1n) is 12.9. The molecule has 1 aliphatic heterocycles. The minimum absolute atomic E-state index is 0.125. The monoisotopic (exact) mass is 526 g/mol. The molecule has 0 radical (unpaired) electrons. The van der Waals surface area contributed by atoms with Crippen molar-refractivity contribution in [3.8, 4) is 23.3 Å². The molecule has 0 saturated carbocycles. The normalized spacial score (nSPS) is 13.7. The number of carbonyl (C=O) groups is 1. The van der Waals surface area contributed by atoms with Crippen molar-refractivity contribution in [2.75, 3.05) is 33.4 Å². The van der Waals surface area contributed by atoms with E-state index in [4.69, 9.17) is 14.2 Å². The van der Waals surface area contributed by atoms with E-state index in [1.54, 1.807) is 25.3 Å². The maximum atomic E-state index is 13.5. The number of hydrogen-bond donors (Lipinski definition) is 0. The van der Waals surface area contributed by atoms with E-state index in [1.165, 1.54) is 30.6 Å². The number of nitrogens with zero attached hydrogens (tertiary/aromatic N) is 2. The molecular weight excluding hydrogens is 496 g/mol. The Morgan fingerprint density at radius 1 is 0.974 bits per heavy atom. The molecule has 1 aliphatic rings. The van der Waals surface area contributed by atoms with Gasteiger partial charge >= 0.3 is 0 Å². The Labute approximate surface area is 227 Å². The number of hydrogen-bond acceptors (Lipinski definition) is 7. The van der Waals surface area contributed by atoms with Crippen LogP contribution in [0.15, 0.2) is 66.0 Å². The fourth-order valence-electron chi connectivity index (χ4n) is 4.67. The van der Waals surface area contributed by atoms with Gasteiger partial charge in [-0.2, -0.15) is 5.26 Å². The van der Waals surface area contributed by atoms with E-state index in [0.29, 0.717) is 41.4 Å². The van der Waals surface area contributed by atoms with E-state index >= 15 is 0 Å². The van der Waals surface area contributed by atoms with Crippen molar-refractivity contribution in [2.45, 2.75) is 25.9 Å². The Balaban J connectivity index is 1.28. The van der Waals surface area contributed by atoms with Gasteiger partial charge in [-0.1, -0.05) is 18.6 Å². The molecule has 1 saturated heterocycles. The van der Waals surface area contributed by atoms with Gasteiger partial charge in [0.15, 0.2) is 5.78 Å². The summed E-state index contributed by atoms with van der Waals surface area (Å²) in [7, 11) is 1.64. The number of rotatable bonds is 10. The average molecular weight is 527 g/mol. The van der Waals surface area contributed by atoms with Crippen LogP contribution >= 0.6 is 11.3 Å². The number of likely N-dealkylation sites (tertiary alicyclic amines) is 1. The lowest BCUT2D eigenvalue weighted by molar-refractivity contribution is 0.104. The molecule has 4 aromatic rings. The maximum absolute atomic E-state index is 13.5. The molecule has 0 N–H and O–H groups in total. The molecule has 0 spiro atoms. The second-order valence-corrected chi connectivity index (χ2v) is 10.3. The van der Waals surface area contributed by atoms with Gasteiger partial charge in [-0.15, -0.1) is 11.3 Å². The first-order chi connectivity index (χ1) is 18.6. The second kappa shape index (κ2) is 12.1. The highest BCUT2D eigenvalue weighted by atomic mass is 32.1. The number of thiophene rings is 1. The van der Waals surface area contributed by atoms with Gasteiger partial charge in [-0.25, -0.2) is 0 Å². The van der Waals surface area contributed by atoms with Crippen LogP contribution in [0.5, 0.6) is 17.2 Å². The summed E-state index contributed by atoms with van der Waals surface area (Å²) in [6.07, 6.45) is 3.75. The molecule has 5 rings (SSSR count). The number of ketones is 1. The third kappa shape index (κ3) is 5.99. The number of fused-ring (bicyclic) bond motifs is 1. The van der Waals surface area contributed by atoms with Gasteiger partial charge in [-0.3, -0.25) is 9.69 Å². The Hall–Kier alpha value is -3.86. The summed E-state index contributed by atoms with van der Waals surface area (Å²) in [4.78, 5) is 15.9. The molecule has 3 aromatic carbocycles. The van der Waals surface area contributed by atoms with Gasteiger partial charge in [0.25, 0.3) is 0 Å². The van der Waals surface area contributed by atoms with Gasteiger partial charge in [0.2, 0.25) is 0 Å². The van der Waals surface area contributed by atoms with Crippen LogP contribution in [-0.4, -0.2) is 44.0 Å². The molecule has 2 heterocycles. The van der Waals surface area contributed by atoms with Crippen molar-refractivity contribution in [2.24, 2.45) is 0 Å². The number of ether oxygens (including phenoxy) is 3. The van der Waals surface area contributed by atoms with Crippen LogP contribution in [0.25, 0.3) is 10.1 Å². The summed E-state index contributed by atoms with van der Waals surface area (Å²) in [5, 5.41) is 12.4. The van der Waals surface area contributed by atoms with E-state index in [2.05, 4.69) is 11.0 Å². The average Bonchev–Trinajstić information content (AvgIpc) is 3.40. The quantitative estimate of drug-likeness (QED) is 0.221. The molecule has 38 heavy (non-hydrogen) atoms. The third-order valence-electron chi connectivity index (χ3n) is 6.83. The minimum atomic E-state index is -0.125. The fraction of sp³-hybridized carbons (Fsp3) is 0.290. The lowest BCUT2D eigenvalue weighted by Gasteiger charge is -2.26. The van der Waals surface area contributed by atoms with Gasteiger partial charge in [-0.05, 0) is 80.0 Å². The van der Waals surface area contributed by atoms with Crippen LogP contribution in [0.4, 0.5) is 0 Å². The molecule has 0 aliphatic carbocycles. The van der Waals surface area contributed by atoms with E-state index in [-0.39, 0.29) is 5.78 Å². The molecule has 0 bridgehead atoms. The molecule has 1 aromatic heterocycles. The molecule has 7 heteroatoms. The molecular formula is C31H30N2O4S. The zero-order valence-corrected chi connectivity index (χ0v) is 22.3. The molecule has 1 fully saturated rings. The lowest BCUT2D eigenvalue weighted by Crippen LogP contribution is -2.33. The van der Waals surface area contributed by atoms with Gasteiger partial charge in [0.05, 0.1) is 12.7 Å². The van der Waals surface area contributed by atoms with Crippen LogP contribution in [0.2, 0.25) is 0 Å². The first kappa shape index (κ1) is 25.8. The summed E-state index contributed by atoms with van der Waals surface area (Å²) in [5.41, 5.74) is 2.46. The molecule has 194 valence electrons. The van der Waals surface area contributed by atoms with E-state index in [1.807, 2.05) is 47.8 Å². The van der Waals surface area contributed by atoms with Crippen molar-refractivity contribution in [3.05, 3.63) is 88.3 Å². The smallest absolute Gasteiger partial charge is 0.194 e. The van der Waals surface area contributed by atoms with Crippen LogP contribution in [0, 0.1) is 11.3 Å². The lowest BCUT2D eigenvalue weighted by atomic mass is 10.0. The van der Waals surface area contributed by atoms with Crippen LogP contribution in [0.1, 0.15) is 46.3 Å². The summed E-state index contributed by atoms with van der Waals surface area (Å²) in [5.74, 6) is 1.88. The molecule has 0 atom stereocenters. The maximum Gasteiger partial charge on any atom is 0.194 e. The van der Waals surface area contributed by atoms with Crippen molar-refractivity contribution in [1.82, 2.24) is 4.90 Å². The number of piperidine rings is 1. The fourth-order valence-corrected chi connectivity index (χ4v) is 5.59. The van der Waals surface area contributed by atoms with Crippen molar-refractivity contribution < 1.29 is 19.0 Å². The highest BCUT2D eigenvalue weighted by Gasteiger charge is 2.18. The Kier molecular flexibility index (Phi) is 8.22. The Morgan fingerprint density at radius 2 is 1.76 bits per heavy atom. The van der Waals surface area contributed by atoms with Crippen molar-refractivity contribution in [1.29, 1.82) is 5.26 Å². The van der Waals surface area contributed by atoms with Crippen LogP contribution in [0.3, 0.4) is 0 Å². The van der Waals surface area contributed by atoms with Gasteiger partial charge in [0, 0.05) is 33.1 Å². The number of benzene rings is 3.